The molecule has 4 N–H and O–H groups in total. The first-order valence-electron chi connectivity index (χ1n) is 6.59. The number of aliphatic imine (C=N–C) groups is 1. The van der Waals surface area contributed by atoms with Gasteiger partial charge in [0.05, 0.1) is 6.20 Å². The van der Waals surface area contributed by atoms with Crippen LogP contribution in [-0.2, 0) is 0 Å². The van der Waals surface area contributed by atoms with Gasteiger partial charge in [0, 0.05) is 29.6 Å². The number of nitrogen functional groups attached to an aromatic ring is 2. The van der Waals surface area contributed by atoms with E-state index in [4.69, 9.17) is 11.5 Å². The minimum Gasteiger partial charge on any atom is -0.398 e. The lowest BCUT2D eigenvalue weighted by Crippen LogP contribution is -2.12. The molecule has 2 aromatic rings. The number of hydrogen-bond acceptors (Lipinski definition) is 5. The van der Waals surface area contributed by atoms with Crippen molar-refractivity contribution in [3.05, 3.63) is 35.8 Å². The first kappa shape index (κ1) is 14.9. The summed E-state index contributed by atoms with van der Waals surface area (Å²) in [5.41, 5.74) is 14.5. The molecule has 0 atom stereocenters. The molecule has 1 heterocycles. The van der Waals surface area contributed by atoms with Gasteiger partial charge in [0.15, 0.2) is 5.82 Å². The number of benzene rings is 1. The van der Waals surface area contributed by atoms with E-state index in [1.165, 1.54) is 0 Å². The predicted molar refractivity (Wildman–Crippen MR) is 83.5 cm³/mol. The average Bonchev–Trinajstić information content (AvgIpc) is 2.44. The van der Waals surface area contributed by atoms with E-state index >= 15 is 0 Å². The van der Waals surface area contributed by atoms with E-state index in [1.54, 1.807) is 25.2 Å². The smallest absolute Gasteiger partial charge is 0.220 e. The Kier molecular flexibility index (Phi) is 4.16. The molecule has 0 bridgehead atoms. The first-order chi connectivity index (χ1) is 9.93. The molecule has 110 valence electrons. The predicted octanol–water partition coefficient (Wildman–Crippen LogP) is 2.52. The van der Waals surface area contributed by atoms with Gasteiger partial charge in [-0.1, -0.05) is 19.9 Å². The van der Waals surface area contributed by atoms with Gasteiger partial charge in [-0.2, -0.15) is 0 Å². The second-order valence-electron chi connectivity index (χ2n) is 4.99. The van der Waals surface area contributed by atoms with Crippen LogP contribution in [0.4, 0.5) is 16.0 Å². The molecular weight excluding hydrogens is 269 g/mol. The van der Waals surface area contributed by atoms with Crippen LogP contribution in [0.5, 0.6) is 0 Å². The zero-order valence-corrected chi connectivity index (χ0v) is 12.3. The van der Waals surface area contributed by atoms with Crippen LogP contribution in [-0.4, -0.2) is 22.7 Å². The van der Waals surface area contributed by atoms with Gasteiger partial charge in [0.2, 0.25) is 5.95 Å². The van der Waals surface area contributed by atoms with Crippen molar-refractivity contribution < 1.29 is 4.39 Å². The maximum atomic E-state index is 13.9. The number of aromatic nitrogens is 2. The molecule has 2 rings (SSSR count). The Bertz CT molecular complexity index is 694. The van der Waals surface area contributed by atoms with E-state index in [0.29, 0.717) is 11.3 Å². The lowest BCUT2D eigenvalue weighted by atomic mass is 9.95. The minimum atomic E-state index is -0.528. The van der Waals surface area contributed by atoms with Gasteiger partial charge in [-0.3, -0.25) is 4.99 Å². The zero-order chi connectivity index (χ0) is 15.6. The zero-order valence-electron chi connectivity index (χ0n) is 12.3. The van der Waals surface area contributed by atoms with Crippen molar-refractivity contribution in [1.82, 2.24) is 9.97 Å². The Hall–Kier alpha value is -2.50. The van der Waals surface area contributed by atoms with Gasteiger partial charge in [0.1, 0.15) is 5.69 Å². The lowest BCUT2D eigenvalue weighted by molar-refractivity contribution is 0.619. The third-order valence-electron chi connectivity index (χ3n) is 3.15. The number of nitrogens with zero attached hydrogens (tertiary/aromatic N) is 3. The van der Waals surface area contributed by atoms with Crippen molar-refractivity contribution in [2.45, 2.75) is 13.8 Å². The fourth-order valence-corrected chi connectivity index (χ4v) is 2.20. The Morgan fingerprint density at radius 2 is 2.00 bits per heavy atom. The molecule has 0 unspecified atom stereocenters. The molecule has 0 saturated carbocycles. The summed E-state index contributed by atoms with van der Waals surface area (Å²) in [4.78, 5) is 11.9. The van der Waals surface area contributed by atoms with Crippen LogP contribution in [0.25, 0.3) is 11.3 Å². The van der Waals surface area contributed by atoms with Crippen molar-refractivity contribution in [3.8, 4) is 11.3 Å². The molecule has 0 aliphatic carbocycles. The number of halogens is 1. The lowest BCUT2D eigenvalue weighted by Gasteiger charge is -2.14. The van der Waals surface area contributed by atoms with Crippen molar-refractivity contribution in [2.75, 3.05) is 18.5 Å². The van der Waals surface area contributed by atoms with E-state index in [9.17, 15) is 4.39 Å². The number of anilines is 2. The summed E-state index contributed by atoms with van der Waals surface area (Å²) in [5, 5.41) is 0. The quantitative estimate of drug-likeness (QED) is 0.670. The molecule has 1 aromatic heterocycles. The van der Waals surface area contributed by atoms with Gasteiger partial charge in [-0.05, 0) is 18.1 Å². The minimum absolute atomic E-state index is 0.0259. The van der Waals surface area contributed by atoms with E-state index in [2.05, 4.69) is 15.0 Å². The molecule has 1 aromatic carbocycles. The van der Waals surface area contributed by atoms with E-state index in [1.807, 2.05) is 13.8 Å². The average molecular weight is 287 g/mol. The molecule has 5 nitrogen and oxygen atoms in total. The molecule has 0 radical (unpaired) electrons. The second kappa shape index (κ2) is 5.87. The molecule has 0 saturated heterocycles. The number of hydrogen-bond donors (Lipinski definition) is 2. The maximum absolute atomic E-state index is 13.9. The van der Waals surface area contributed by atoms with Gasteiger partial charge < -0.3 is 11.5 Å². The van der Waals surface area contributed by atoms with Crippen LogP contribution in [0.2, 0.25) is 0 Å². The monoisotopic (exact) mass is 287 g/mol. The molecule has 0 aliphatic heterocycles. The van der Waals surface area contributed by atoms with Gasteiger partial charge in [-0.25, -0.2) is 14.4 Å². The molecule has 0 amide bonds. The van der Waals surface area contributed by atoms with Crippen LogP contribution in [0.15, 0.2) is 29.4 Å². The fraction of sp³-hybridized carbons (Fsp3) is 0.267. The highest BCUT2D eigenvalue weighted by atomic mass is 19.1. The summed E-state index contributed by atoms with van der Waals surface area (Å²) >= 11 is 0. The van der Waals surface area contributed by atoms with E-state index < -0.39 is 5.82 Å². The van der Waals surface area contributed by atoms with Crippen molar-refractivity contribution >= 4 is 17.3 Å². The Morgan fingerprint density at radius 3 is 2.62 bits per heavy atom. The van der Waals surface area contributed by atoms with Crippen molar-refractivity contribution in [2.24, 2.45) is 10.9 Å². The summed E-state index contributed by atoms with van der Waals surface area (Å²) in [6.45, 7) is 4.05. The van der Waals surface area contributed by atoms with Crippen LogP contribution in [0.1, 0.15) is 19.4 Å². The Balaban J connectivity index is 2.60. The molecule has 0 aliphatic rings. The molecule has 21 heavy (non-hydrogen) atoms. The third kappa shape index (κ3) is 2.99. The second-order valence-corrected chi connectivity index (χ2v) is 4.99. The van der Waals surface area contributed by atoms with Gasteiger partial charge >= 0.3 is 0 Å². The van der Waals surface area contributed by atoms with Gasteiger partial charge in [-0.15, -0.1) is 0 Å². The summed E-state index contributed by atoms with van der Waals surface area (Å²) in [5.74, 6) is -0.301. The third-order valence-corrected chi connectivity index (χ3v) is 3.15. The van der Waals surface area contributed by atoms with Crippen molar-refractivity contribution in [3.63, 3.8) is 0 Å². The maximum Gasteiger partial charge on any atom is 0.220 e. The van der Waals surface area contributed by atoms with E-state index in [-0.39, 0.29) is 17.6 Å². The van der Waals surface area contributed by atoms with Crippen LogP contribution < -0.4 is 11.5 Å². The highest BCUT2D eigenvalue weighted by Crippen LogP contribution is 2.26. The summed E-state index contributed by atoms with van der Waals surface area (Å²) < 4.78 is 13.9. The topological polar surface area (TPSA) is 90.2 Å². The standard InChI is InChI=1S/C15H18FN5/c1-8(2)13(19-3)10-6-9(4-5-12(10)17)14-11(16)7-20-15(18)21-14/h4-8H,17H2,1-3H3,(H2,18,20,21). The summed E-state index contributed by atoms with van der Waals surface area (Å²) in [6, 6.07) is 5.20. The Labute approximate surface area is 122 Å². The molecule has 0 spiro atoms. The van der Waals surface area contributed by atoms with Crippen LogP contribution >= 0.6 is 0 Å². The van der Waals surface area contributed by atoms with Crippen LogP contribution in [0.3, 0.4) is 0 Å². The summed E-state index contributed by atoms with van der Waals surface area (Å²) in [7, 11) is 1.71. The van der Waals surface area contributed by atoms with Crippen LogP contribution in [0, 0.1) is 11.7 Å². The normalized spacial score (nSPS) is 12.0. The SMILES string of the molecule is CN=C(c1cc(-c2nc(N)ncc2F)ccc1N)C(C)C. The fourth-order valence-electron chi connectivity index (χ4n) is 2.20. The molecule has 6 heteroatoms. The van der Waals surface area contributed by atoms with E-state index in [0.717, 1.165) is 17.5 Å². The number of rotatable bonds is 3. The number of nitrogens with two attached hydrogens (primary N) is 2. The highest BCUT2D eigenvalue weighted by molar-refractivity contribution is 6.06. The van der Waals surface area contributed by atoms with Crippen molar-refractivity contribution in [1.29, 1.82) is 0 Å². The van der Waals surface area contributed by atoms with Gasteiger partial charge in [0.25, 0.3) is 0 Å². The largest absolute Gasteiger partial charge is 0.398 e. The molecular formula is C15H18FN5. The Morgan fingerprint density at radius 1 is 1.29 bits per heavy atom. The first-order valence-corrected chi connectivity index (χ1v) is 6.59. The molecule has 0 fully saturated rings. The summed E-state index contributed by atoms with van der Waals surface area (Å²) in [6.07, 6.45) is 1.06. The highest BCUT2D eigenvalue weighted by Gasteiger charge is 2.15.